The molecule has 0 fully saturated rings. The third-order valence-corrected chi connectivity index (χ3v) is 3.67. The number of ether oxygens (including phenoxy) is 1. The minimum atomic E-state index is -0.641. The van der Waals surface area contributed by atoms with E-state index in [-0.39, 0.29) is 24.6 Å². The van der Waals surface area contributed by atoms with E-state index in [9.17, 15) is 19.7 Å². The molecule has 2 rings (SSSR count). The molecule has 8 heteroatoms. The fraction of sp³-hybridized carbons (Fsp3) is 0.333. The van der Waals surface area contributed by atoms with Gasteiger partial charge >= 0.3 is 5.97 Å². The number of alkyl halides is 1. The molecular formula is C12H11BrN2O5. The van der Waals surface area contributed by atoms with Crippen molar-refractivity contribution in [1.29, 1.82) is 0 Å². The van der Waals surface area contributed by atoms with E-state index in [0.29, 0.717) is 11.3 Å². The number of carbonyl (C=O) groups excluding carboxylic acids is 2. The van der Waals surface area contributed by atoms with Crippen molar-refractivity contribution in [2.45, 2.75) is 11.2 Å². The number of rotatable bonds is 4. The number of amides is 1. The second kappa shape index (κ2) is 5.58. The van der Waals surface area contributed by atoms with Gasteiger partial charge in [0, 0.05) is 24.4 Å². The van der Waals surface area contributed by atoms with Crippen LogP contribution in [0.3, 0.4) is 0 Å². The molecule has 0 aliphatic carbocycles. The van der Waals surface area contributed by atoms with Crippen LogP contribution in [0.1, 0.15) is 5.56 Å². The standard InChI is InChI=1S/C12H11BrN2O5/c1-20-12(17)9(13)6-14-10-3-2-8(15(18)19)4-7(10)5-11(14)16/h2-4,9H,5-6H2,1H3. The van der Waals surface area contributed by atoms with Gasteiger partial charge in [-0.25, -0.2) is 0 Å². The topological polar surface area (TPSA) is 89.8 Å². The Hall–Kier alpha value is -1.96. The van der Waals surface area contributed by atoms with Crippen molar-refractivity contribution in [3.05, 3.63) is 33.9 Å². The fourth-order valence-electron chi connectivity index (χ4n) is 2.05. The first-order valence-electron chi connectivity index (χ1n) is 5.73. The minimum Gasteiger partial charge on any atom is -0.468 e. The summed E-state index contributed by atoms with van der Waals surface area (Å²) in [5.74, 6) is -0.679. The van der Waals surface area contributed by atoms with Crippen LogP contribution in [0, 0.1) is 10.1 Å². The van der Waals surface area contributed by atoms with Gasteiger partial charge in [-0.2, -0.15) is 0 Å². The molecule has 1 unspecified atom stereocenters. The van der Waals surface area contributed by atoms with Crippen molar-refractivity contribution in [1.82, 2.24) is 0 Å². The van der Waals surface area contributed by atoms with Crippen molar-refractivity contribution < 1.29 is 19.2 Å². The molecule has 0 radical (unpaired) electrons. The van der Waals surface area contributed by atoms with E-state index < -0.39 is 15.7 Å². The largest absolute Gasteiger partial charge is 0.468 e. The molecule has 1 atom stereocenters. The van der Waals surface area contributed by atoms with Crippen molar-refractivity contribution in [3.63, 3.8) is 0 Å². The highest BCUT2D eigenvalue weighted by Gasteiger charge is 2.32. The first-order chi connectivity index (χ1) is 9.43. The Kier molecular flexibility index (Phi) is 4.03. The van der Waals surface area contributed by atoms with Gasteiger partial charge in [0.25, 0.3) is 5.69 Å². The lowest BCUT2D eigenvalue weighted by Gasteiger charge is -2.19. The van der Waals surface area contributed by atoms with Crippen LogP contribution in [0.15, 0.2) is 18.2 Å². The maximum Gasteiger partial charge on any atom is 0.321 e. The van der Waals surface area contributed by atoms with Gasteiger partial charge in [-0.15, -0.1) is 0 Å². The predicted molar refractivity (Wildman–Crippen MR) is 73.9 cm³/mol. The third kappa shape index (κ3) is 2.64. The van der Waals surface area contributed by atoms with Crippen LogP contribution in [0.4, 0.5) is 11.4 Å². The van der Waals surface area contributed by atoms with Gasteiger partial charge < -0.3 is 9.64 Å². The van der Waals surface area contributed by atoms with E-state index >= 15 is 0 Å². The Morgan fingerprint density at radius 3 is 2.90 bits per heavy atom. The van der Waals surface area contributed by atoms with Crippen LogP contribution < -0.4 is 4.90 Å². The lowest BCUT2D eigenvalue weighted by atomic mass is 10.1. The second-order valence-corrected chi connectivity index (χ2v) is 5.35. The third-order valence-electron chi connectivity index (χ3n) is 3.01. The number of anilines is 1. The second-order valence-electron chi connectivity index (χ2n) is 4.24. The van der Waals surface area contributed by atoms with Gasteiger partial charge in [0.05, 0.1) is 18.5 Å². The minimum absolute atomic E-state index is 0.0539. The van der Waals surface area contributed by atoms with E-state index in [1.807, 2.05) is 0 Å². The van der Waals surface area contributed by atoms with Gasteiger partial charge in [-0.1, -0.05) is 15.9 Å². The summed E-state index contributed by atoms with van der Waals surface area (Å²) in [5, 5.41) is 10.7. The fourth-order valence-corrected chi connectivity index (χ4v) is 2.52. The molecule has 1 aliphatic rings. The highest BCUT2D eigenvalue weighted by atomic mass is 79.9. The Morgan fingerprint density at radius 1 is 1.60 bits per heavy atom. The summed E-state index contributed by atoms with van der Waals surface area (Å²) in [5.41, 5.74) is 1.13. The van der Waals surface area contributed by atoms with Gasteiger partial charge in [-0.05, 0) is 11.6 Å². The molecule has 106 valence electrons. The number of carbonyl (C=O) groups is 2. The van der Waals surface area contributed by atoms with Crippen LogP contribution in [0.5, 0.6) is 0 Å². The van der Waals surface area contributed by atoms with Crippen LogP contribution in [0.25, 0.3) is 0 Å². The van der Waals surface area contributed by atoms with E-state index in [1.165, 1.54) is 30.2 Å². The number of nitrogens with zero attached hydrogens (tertiary/aromatic N) is 2. The molecule has 1 amide bonds. The first-order valence-corrected chi connectivity index (χ1v) is 6.65. The van der Waals surface area contributed by atoms with Crippen LogP contribution in [-0.4, -0.2) is 35.3 Å². The number of nitro groups is 1. The summed E-state index contributed by atoms with van der Waals surface area (Å²) in [6.45, 7) is 0.121. The SMILES string of the molecule is COC(=O)C(Br)CN1C(=O)Cc2cc([N+](=O)[O-])ccc21. The zero-order chi connectivity index (χ0) is 14.9. The Labute approximate surface area is 122 Å². The number of non-ortho nitro benzene ring substituents is 1. The molecule has 0 bridgehead atoms. The quantitative estimate of drug-likeness (QED) is 0.357. The normalized spacial score (nSPS) is 14.9. The van der Waals surface area contributed by atoms with Gasteiger partial charge in [0.15, 0.2) is 0 Å². The summed E-state index contributed by atoms with van der Waals surface area (Å²) in [6, 6.07) is 4.25. The number of hydrogen-bond acceptors (Lipinski definition) is 5. The molecule has 0 N–H and O–H groups in total. The van der Waals surface area contributed by atoms with Gasteiger partial charge in [-0.3, -0.25) is 19.7 Å². The number of fused-ring (bicyclic) bond motifs is 1. The monoisotopic (exact) mass is 342 g/mol. The Bertz CT molecular complexity index is 589. The molecule has 0 spiro atoms. The van der Waals surface area contributed by atoms with Crippen molar-refractivity contribution in [3.8, 4) is 0 Å². The summed E-state index contributed by atoms with van der Waals surface area (Å²) < 4.78 is 4.58. The molecule has 0 saturated carbocycles. The lowest BCUT2D eigenvalue weighted by molar-refractivity contribution is -0.384. The lowest BCUT2D eigenvalue weighted by Crippen LogP contribution is -2.36. The van der Waals surface area contributed by atoms with E-state index in [4.69, 9.17) is 0 Å². The zero-order valence-electron chi connectivity index (χ0n) is 10.5. The zero-order valence-corrected chi connectivity index (χ0v) is 12.1. The highest BCUT2D eigenvalue weighted by molar-refractivity contribution is 9.10. The predicted octanol–water partition coefficient (Wildman–Crippen LogP) is 1.42. The number of hydrogen-bond donors (Lipinski definition) is 0. The molecule has 1 heterocycles. The van der Waals surface area contributed by atoms with E-state index in [2.05, 4.69) is 20.7 Å². The Morgan fingerprint density at radius 2 is 2.30 bits per heavy atom. The molecule has 0 saturated heterocycles. The van der Waals surface area contributed by atoms with Crippen molar-refractivity contribution in [2.24, 2.45) is 0 Å². The average Bonchev–Trinajstić information content (AvgIpc) is 2.73. The molecule has 7 nitrogen and oxygen atoms in total. The summed E-state index contributed by atoms with van der Waals surface area (Å²) in [4.78, 5) is 34.3. The number of halogens is 1. The average molecular weight is 343 g/mol. The molecular weight excluding hydrogens is 332 g/mol. The van der Waals surface area contributed by atoms with E-state index in [0.717, 1.165) is 0 Å². The van der Waals surface area contributed by atoms with E-state index in [1.54, 1.807) is 0 Å². The summed E-state index contributed by atoms with van der Waals surface area (Å²) >= 11 is 3.15. The van der Waals surface area contributed by atoms with Crippen LogP contribution >= 0.6 is 15.9 Å². The molecule has 1 aliphatic heterocycles. The Balaban J connectivity index is 2.25. The van der Waals surface area contributed by atoms with Gasteiger partial charge in [0.1, 0.15) is 4.83 Å². The van der Waals surface area contributed by atoms with Crippen LogP contribution in [0.2, 0.25) is 0 Å². The van der Waals surface area contributed by atoms with Crippen molar-refractivity contribution in [2.75, 3.05) is 18.6 Å². The highest BCUT2D eigenvalue weighted by Crippen LogP contribution is 2.32. The maximum atomic E-state index is 11.9. The maximum absolute atomic E-state index is 11.9. The van der Waals surface area contributed by atoms with Gasteiger partial charge in [0.2, 0.25) is 5.91 Å². The molecule has 0 aromatic heterocycles. The number of esters is 1. The summed E-state index contributed by atoms with van der Waals surface area (Å²) in [6.07, 6.45) is 0.0951. The molecule has 1 aromatic rings. The number of benzene rings is 1. The summed E-state index contributed by atoms with van der Waals surface area (Å²) in [7, 11) is 1.26. The molecule has 1 aromatic carbocycles. The van der Waals surface area contributed by atoms with Crippen LogP contribution in [-0.2, 0) is 20.7 Å². The number of nitro benzene ring substituents is 1. The van der Waals surface area contributed by atoms with Crippen molar-refractivity contribution >= 4 is 39.2 Å². The number of methoxy groups -OCH3 is 1. The smallest absolute Gasteiger partial charge is 0.321 e. The molecule has 20 heavy (non-hydrogen) atoms. The first kappa shape index (κ1) is 14.4.